The van der Waals surface area contributed by atoms with Gasteiger partial charge in [-0.15, -0.1) is 0 Å². The van der Waals surface area contributed by atoms with Gasteiger partial charge in [0.15, 0.2) is 0 Å². The fourth-order valence-electron chi connectivity index (χ4n) is 2.10. The van der Waals surface area contributed by atoms with Gasteiger partial charge in [0, 0.05) is 19.1 Å². The van der Waals surface area contributed by atoms with Crippen LogP contribution in [0.25, 0.3) is 0 Å². The van der Waals surface area contributed by atoms with E-state index in [0.29, 0.717) is 12.0 Å². The number of rotatable bonds is 8. The highest BCUT2D eigenvalue weighted by Crippen LogP contribution is 2.13. The van der Waals surface area contributed by atoms with Crippen LogP contribution in [0.1, 0.15) is 27.2 Å². The minimum Gasteiger partial charge on any atom is -0.369 e. The third kappa shape index (κ3) is 6.38. The molecule has 19 heavy (non-hydrogen) atoms. The molecule has 5 heteroatoms. The minimum atomic E-state index is 0.390. The highest BCUT2D eigenvalue weighted by Gasteiger charge is 2.13. The molecule has 0 fully saturated rings. The maximum absolute atomic E-state index is 4.51. The maximum atomic E-state index is 4.51. The van der Waals surface area contributed by atoms with Crippen LogP contribution in [-0.4, -0.2) is 48.1 Å². The van der Waals surface area contributed by atoms with E-state index >= 15 is 0 Å². The van der Waals surface area contributed by atoms with Crippen LogP contribution in [0.4, 0.5) is 11.6 Å². The summed E-state index contributed by atoms with van der Waals surface area (Å²) >= 11 is 0. The Bertz CT molecular complexity index is 355. The molecule has 108 valence electrons. The van der Waals surface area contributed by atoms with E-state index in [1.54, 1.807) is 12.4 Å². The number of hydrogen-bond acceptors (Lipinski definition) is 5. The van der Waals surface area contributed by atoms with Crippen LogP contribution in [-0.2, 0) is 0 Å². The zero-order valence-electron chi connectivity index (χ0n) is 12.8. The van der Waals surface area contributed by atoms with Gasteiger partial charge in [0.25, 0.3) is 0 Å². The molecule has 1 rings (SSSR count). The van der Waals surface area contributed by atoms with Gasteiger partial charge in [0.05, 0.1) is 12.4 Å². The Kier molecular flexibility index (Phi) is 6.56. The van der Waals surface area contributed by atoms with Crippen molar-refractivity contribution in [2.45, 2.75) is 33.2 Å². The van der Waals surface area contributed by atoms with Gasteiger partial charge in [-0.3, -0.25) is 4.98 Å². The Hall–Kier alpha value is -1.36. The van der Waals surface area contributed by atoms with E-state index in [1.807, 2.05) is 0 Å². The Morgan fingerprint density at radius 3 is 2.47 bits per heavy atom. The molecular weight excluding hydrogens is 238 g/mol. The van der Waals surface area contributed by atoms with E-state index in [2.05, 4.69) is 60.4 Å². The van der Waals surface area contributed by atoms with Gasteiger partial charge in [-0.05, 0) is 33.4 Å². The minimum absolute atomic E-state index is 0.390. The Balaban J connectivity index is 2.68. The van der Waals surface area contributed by atoms with Gasteiger partial charge < -0.3 is 15.5 Å². The number of hydrogen-bond donors (Lipinski definition) is 2. The molecule has 0 saturated carbocycles. The van der Waals surface area contributed by atoms with E-state index in [1.165, 1.54) is 0 Å². The summed E-state index contributed by atoms with van der Waals surface area (Å²) in [6, 6.07) is 0.390. The molecule has 0 saturated heterocycles. The molecule has 0 bridgehead atoms. The van der Waals surface area contributed by atoms with Crippen molar-refractivity contribution in [3.05, 3.63) is 12.4 Å². The first-order valence-corrected chi connectivity index (χ1v) is 6.98. The molecule has 0 radical (unpaired) electrons. The van der Waals surface area contributed by atoms with Crippen LogP contribution in [0.5, 0.6) is 0 Å². The number of aromatic nitrogens is 2. The molecule has 0 aliphatic rings. The van der Waals surface area contributed by atoms with E-state index in [4.69, 9.17) is 0 Å². The summed E-state index contributed by atoms with van der Waals surface area (Å²) in [4.78, 5) is 10.9. The first-order chi connectivity index (χ1) is 9.01. The molecule has 5 nitrogen and oxygen atoms in total. The van der Waals surface area contributed by atoms with Crippen molar-refractivity contribution in [2.75, 3.05) is 37.8 Å². The molecule has 0 aliphatic carbocycles. The predicted molar refractivity (Wildman–Crippen MR) is 81.6 cm³/mol. The summed E-state index contributed by atoms with van der Waals surface area (Å²) in [5.74, 6) is 2.31. The zero-order valence-corrected chi connectivity index (χ0v) is 12.8. The third-order valence-corrected chi connectivity index (χ3v) is 2.69. The molecule has 1 aromatic heterocycles. The van der Waals surface area contributed by atoms with Gasteiger partial charge in [0.2, 0.25) is 0 Å². The molecule has 1 atom stereocenters. The Labute approximate surface area is 116 Å². The predicted octanol–water partition coefficient (Wildman–Crippen LogP) is 2.30. The van der Waals surface area contributed by atoms with Gasteiger partial charge in [-0.2, -0.15) is 0 Å². The molecule has 1 aromatic rings. The Morgan fingerprint density at radius 1 is 1.21 bits per heavy atom. The first-order valence-electron chi connectivity index (χ1n) is 6.98. The number of likely N-dealkylation sites (N-methyl/N-ethyl adjacent to an activating group) is 1. The third-order valence-electron chi connectivity index (χ3n) is 2.69. The Morgan fingerprint density at radius 2 is 1.89 bits per heavy atom. The number of nitrogens with zero attached hydrogens (tertiary/aromatic N) is 3. The van der Waals surface area contributed by atoms with Crippen molar-refractivity contribution in [3.63, 3.8) is 0 Å². The standard InChI is InChI=1S/C14H27N5/c1-6-16-13-8-15-9-14(18-13)17-12(7-11(2)3)10-19(4)5/h8-9,11-12H,6-7,10H2,1-5H3,(H2,16,17,18). The molecule has 1 unspecified atom stereocenters. The average molecular weight is 265 g/mol. The fraction of sp³-hybridized carbons (Fsp3) is 0.714. The lowest BCUT2D eigenvalue weighted by Gasteiger charge is -2.24. The van der Waals surface area contributed by atoms with Crippen LogP contribution in [0, 0.1) is 5.92 Å². The molecule has 0 aromatic carbocycles. The smallest absolute Gasteiger partial charge is 0.147 e. The molecule has 1 heterocycles. The molecular formula is C14H27N5. The molecule has 0 spiro atoms. The fourth-order valence-corrected chi connectivity index (χ4v) is 2.10. The van der Waals surface area contributed by atoms with Crippen LogP contribution < -0.4 is 10.6 Å². The van der Waals surface area contributed by atoms with E-state index in [-0.39, 0.29) is 0 Å². The highest BCUT2D eigenvalue weighted by molar-refractivity contribution is 5.42. The highest BCUT2D eigenvalue weighted by atomic mass is 15.1. The lowest BCUT2D eigenvalue weighted by atomic mass is 10.0. The van der Waals surface area contributed by atoms with Crippen molar-refractivity contribution >= 4 is 11.6 Å². The van der Waals surface area contributed by atoms with E-state index in [9.17, 15) is 0 Å². The maximum Gasteiger partial charge on any atom is 0.147 e. The molecule has 0 aliphatic heterocycles. The van der Waals surface area contributed by atoms with Crippen molar-refractivity contribution in [2.24, 2.45) is 5.92 Å². The van der Waals surface area contributed by atoms with Crippen LogP contribution >= 0.6 is 0 Å². The second kappa shape index (κ2) is 7.94. The number of anilines is 2. The van der Waals surface area contributed by atoms with Crippen molar-refractivity contribution in [3.8, 4) is 0 Å². The summed E-state index contributed by atoms with van der Waals surface area (Å²) in [6.45, 7) is 8.38. The monoisotopic (exact) mass is 265 g/mol. The summed E-state index contributed by atoms with van der Waals surface area (Å²) in [5.41, 5.74) is 0. The van der Waals surface area contributed by atoms with Crippen molar-refractivity contribution in [1.29, 1.82) is 0 Å². The molecule has 0 amide bonds. The topological polar surface area (TPSA) is 53.1 Å². The number of nitrogens with one attached hydrogen (secondary N) is 2. The van der Waals surface area contributed by atoms with Crippen LogP contribution in [0.15, 0.2) is 12.4 Å². The van der Waals surface area contributed by atoms with Crippen molar-refractivity contribution in [1.82, 2.24) is 14.9 Å². The van der Waals surface area contributed by atoms with Gasteiger partial charge in [-0.25, -0.2) is 4.98 Å². The largest absolute Gasteiger partial charge is 0.369 e. The SMILES string of the molecule is CCNc1cncc(NC(CC(C)C)CN(C)C)n1. The van der Waals surface area contributed by atoms with Crippen molar-refractivity contribution < 1.29 is 0 Å². The lowest BCUT2D eigenvalue weighted by molar-refractivity contribution is 0.356. The van der Waals surface area contributed by atoms with Gasteiger partial charge in [-0.1, -0.05) is 13.8 Å². The second-order valence-corrected chi connectivity index (χ2v) is 5.55. The quantitative estimate of drug-likeness (QED) is 0.755. The van der Waals surface area contributed by atoms with Gasteiger partial charge >= 0.3 is 0 Å². The molecule has 2 N–H and O–H groups in total. The van der Waals surface area contributed by atoms with E-state index < -0.39 is 0 Å². The van der Waals surface area contributed by atoms with Crippen LogP contribution in [0.2, 0.25) is 0 Å². The average Bonchev–Trinajstić information content (AvgIpc) is 2.27. The van der Waals surface area contributed by atoms with E-state index in [0.717, 1.165) is 31.1 Å². The second-order valence-electron chi connectivity index (χ2n) is 5.55. The summed E-state index contributed by atoms with van der Waals surface area (Å²) in [5, 5.41) is 6.66. The summed E-state index contributed by atoms with van der Waals surface area (Å²) in [6.07, 6.45) is 4.65. The van der Waals surface area contributed by atoms with Gasteiger partial charge in [0.1, 0.15) is 11.6 Å². The first kappa shape index (κ1) is 15.7. The normalized spacial score (nSPS) is 12.8. The zero-order chi connectivity index (χ0) is 14.3. The summed E-state index contributed by atoms with van der Waals surface area (Å²) in [7, 11) is 4.19. The summed E-state index contributed by atoms with van der Waals surface area (Å²) < 4.78 is 0. The van der Waals surface area contributed by atoms with Crippen LogP contribution in [0.3, 0.4) is 0 Å². The lowest BCUT2D eigenvalue weighted by Crippen LogP contribution is -2.33.